The summed E-state index contributed by atoms with van der Waals surface area (Å²) in [6.45, 7) is 9.54. The van der Waals surface area contributed by atoms with Crippen molar-refractivity contribution in [1.29, 1.82) is 0 Å². The second kappa shape index (κ2) is 11.1. The molecular weight excluding hydrogens is 501 g/mol. The molecule has 2 aliphatic heterocycles. The third kappa shape index (κ3) is 5.69. The van der Waals surface area contributed by atoms with Crippen molar-refractivity contribution >= 4 is 24.0 Å². The number of nitrogens with one attached hydrogen (secondary N) is 1. The molecule has 1 aromatic carbocycles. The van der Waals surface area contributed by atoms with E-state index in [9.17, 15) is 22.8 Å². The van der Waals surface area contributed by atoms with Gasteiger partial charge >= 0.3 is 6.18 Å². The minimum absolute atomic E-state index is 0.00980. The number of aldehydes is 1. The molecule has 2 aromatic rings. The van der Waals surface area contributed by atoms with Crippen LogP contribution >= 0.6 is 0 Å². The minimum Gasteiger partial charge on any atom is -0.494 e. The SMILES string of the molecule is CCOc1ccc(C(Nc2nc(N3CCN(C(C)=O)CC3)nc3c2CN(C(C)C)[C@H]3C=O)C(F)(F)F)cc1. The molecule has 0 bridgehead atoms. The van der Waals surface area contributed by atoms with Crippen LogP contribution in [0.3, 0.4) is 0 Å². The van der Waals surface area contributed by atoms with Gasteiger partial charge in [0.15, 0.2) is 0 Å². The number of hydrogen-bond donors (Lipinski definition) is 1. The highest BCUT2D eigenvalue weighted by Gasteiger charge is 2.43. The molecule has 206 valence electrons. The van der Waals surface area contributed by atoms with Crippen LogP contribution in [0, 0.1) is 0 Å². The Morgan fingerprint density at radius 2 is 1.82 bits per heavy atom. The van der Waals surface area contributed by atoms with Crippen molar-refractivity contribution in [2.45, 2.75) is 58.5 Å². The Balaban J connectivity index is 1.74. The standard InChI is InChI=1S/C26H33F3N6O3/c1-5-38-19-8-6-18(7-9-19)23(26(27,28)29)31-24-20-14-35(16(2)3)21(15-36)22(20)30-25(32-24)34-12-10-33(11-13-34)17(4)37/h6-9,15-16,21,23H,5,10-14H2,1-4H3,(H,30,31,32)/t21-,23?/m0/s1. The average molecular weight is 535 g/mol. The van der Waals surface area contributed by atoms with Crippen molar-refractivity contribution in [1.82, 2.24) is 19.8 Å². The molecule has 0 radical (unpaired) electrons. The van der Waals surface area contributed by atoms with E-state index >= 15 is 0 Å². The number of alkyl halides is 3. The molecule has 2 aliphatic rings. The van der Waals surface area contributed by atoms with E-state index in [1.807, 2.05) is 23.6 Å². The first kappa shape index (κ1) is 27.6. The van der Waals surface area contributed by atoms with Crippen molar-refractivity contribution in [3.8, 4) is 5.75 Å². The van der Waals surface area contributed by atoms with Crippen molar-refractivity contribution in [2.75, 3.05) is 43.0 Å². The molecule has 1 fully saturated rings. The van der Waals surface area contributed by atoms with Gasteiger partial charge in [-0.2, -0.15) is 18.2 Å². The lowest BCUT2D eigenvalue weighted by molar-refractivity contribution is -0.144. The number of carbonyl (C=O) groups is 2. The normalized spacial score (nSPS) is 18.9. The fourth-order valence-electron chi connectivity index (χ4n) is 4.87. The first-order valence-electron chi connectivity index (χ1n) is 12.7. The molecule has 0 spiro atoms. The van der Waals surface area contributed by atoms with Crippen LogP contribution in [0.1, 0.15) is 56.6 Å². The van der Waals surface area contributed by atoms with Gasteiger partial charge < -0.3 is 24.6 Å². The van der Waals surface area contributed by atoms with Crippen molar-refractivity contribution in [3.63, 3.8) is 0 Å². The van der Waals surface area contributed by atoms with Crippen LogP contribution in [-0.4, -0.2) is 77.0 Å². The zero-order chi connectivity index (χ0) is 27.6. The maximum absolute atomic E-state index is 14.4. The fraction of sp³-hybridized carbons (Fsp3) is 0.538. The van der Waals surface area contributed by atoms with E-state index in [-0.39, 0.29) is 35.8 Å². The van der Waals surface area contributed by atoms with E-state index in [4.69, 9.17) is 4.74 Å². The smallest absolute Gasteiger partial charge is 0.412 e. The summed E-state index contributed by atoms with van der Waals surface area (Å²) in [6.07, 6.45) is -3.85. The second-order valence-corrected chi connectivity index (χ2v) is 9.70. The third-order valence-electron chi connectivity index (χ3n) is 6.94. The summed E-state index contributed by atoms with van der Waals surface area (Å²) in [7, 11) is 0. The van der Waals surface area contributed by atoms with Gasteiger partial charge in [-0.1, -0.05) is 12.1 Å². The Bertz CT molecular complexity index is 1150. The number of amides is 1. The lowest BCUT2D eigenvalue weighted by atomic mass is 10.1. The predicted octanol–water partition coefficient (Wildman–Crippen LogP) is 3.72. The molecule has 2 atom stereocenters. The van der Waals surface area contributed by atoms with Crippen LogP contribution in [-0.2, 0) is 16.1 Å². The summed E-state index contributed by atoms with van der Waals surface area (Å²) in [5.41, 5.74) is 0.889. The molecule has 1 unspecified atom stereocenters. The number of piperazine rings is 1. The van der Waals surface area contributed by atoms with Crippen molar-refractivity contribution in [3.05, 3.63) is 41.1 Å². The summed E-state index contributed by atoms with van der Waals surface area (Å²) in [5, 5.41) is 2.65. The summed E-state index contributed by atoms with van der Waals surface area (Å²) >= 11 is 0. The van der Waals surface area contributed by atoms with E-state index in [1.54, 1.807) is 11.8 Å². The molecule has 0 saturated carbocycles. The van der Waals surface area contributed by atoms with Gasteiger partial charge in [-0.25, -0.2) is 4.98 Å². The van der Waals surface area contributed by atoms with Gasteiger partial charge in [0.2, 0.25) is 11.9 Å². The Morgan fingerprint density at radius 1 is 1.16 bits per heavy atom. The van der Waals surface area contributed by atoms with Gasteiger partial charge in [0.25, 0.3) is 0 Å². The molecule has 1 saturated heterocycles. The molecule has 38 heavy (non-hydrogen) atoms. The predicted molar refractivity (Wildman–Crippen MR) is 136 cm³/mol. The van der Waals surface area contributed by atoms with Crippen molar-refractivity contribution in [2.24, 2.45) is 0 Å². The number of anilines is 2. The largest absolute Gasteiger partial charge is 0.494 e. The monoisotopic (exact) mass is 534 g/mol. The number of hydrogen-bond acceptors (Lipinski definition) is 8. The number of rotatable bonds is 8. The summed E-state index contributed by atoms with van der Waals surface area (Å²) < 4.78 is 48.5. The van der Waals surface area contributed by atoms with E-state index in [0.717, 1.165) is 6.29 Å². The van der Waals surface area contributed by atoms with Crippen LogP contribution in [0.5, 0.6) is 5.75 Å². The van der Waals surface area contributed by atoms with Gasteiger partial charge in [-0.3, -0.25) is 9.69 Å². The number of benzene rings is 1. The topological polar surface area (TPSA) is 90.9 Å². The highest BCUT2D eigenvalue weighted by atomic mass is 19.4. The Hall–Kier alpha value is -3.41. The first-order valence-corrected chi connectivity index (χ1v) is 12.7. The van der Waals surface area contributed by atoms with Crippen LogP contribution in [0.25, 0.3) is 0 Å². The molecular formula is C26H33F3N6O3. The van der Waals surface area contributed by atoms with E-state index in [2.05, 4.69) is 15.3 Å². The second-order valence-electron chi connectivity index (χ2n) is 9.70. The molecule has 0 aliphatic carbocycles. The number of ether oxygens (including phenoxy) is 1. The minimum atomic E-state index is -4.63. The Labute approximate surface area is 220 Å². The highest BCUT2D eigenvalue weighted by molar-refractivity contribution is 5.73. The third-order valence-corrected chi connectivity index (χ3v) is 6.94. The summed E-state index contributed by atoms with van der Waals surface area (Å²) in [4.78, 5) is 38.5. The lowest BCUT2D eigenvalue weighted by Crippen LogP contribution is -2.48. The van der Waals surface area contributed by atoms with Gasteiger partial charge in [0.1, 0.15) is 29.9 Å². The number of aromatic nitrogens is 2. The van der Waals surface area contributed by atoms with Gasteiger partial charge in [0, 0.05) is 51.3 Å². The molecule has 12 heteroatoms. The molecule has 1 aromatic heterocycles. The maximum Gasteiger partial charge on any atom is 0.412 e. The van der Waals surface area contributed by atoms with Crippen LogP contribution in [0.2, 0.25) is 0 Å². The quantitative estimate of drug-likeness (QED) is 0.513. The summed E-state index contributed by atoms with van der Waals surface area (Å²) in [6, 6.07) is 3.00. The number of nitrogens with zero attached hydrogens (tertiary/aromatic N) is 5. The van der Waals surface area contributed by atoms with Crippen LogP contribution < -0.4 is 15.0 Å². The molecule has 4 rings (SSSR count). The average Bonchev–Trinajstić information content (AvgIpc) is 3.26. The lowest BCUT2D eigenvalue weighted by Gasteiger charge is -2.34. The number of fused-ring (bicyclic) bond motifs is 1. The van der Waals surface area contributed by atoms with Gasteiger partial charge in [-0.15, -0.1) is 0 Å². The fourth-order valence-corrected chi connectivity index (χ4v) is 4.87. The van der Waals surface area contributed by atoms with Crippen molar-refractivity contribution < 1.29 is 27.5 Å². The molecule has 3 heterocycles. The van der Waals surface area contributed by atoms with E-state index in [0.29, 0.717) is 49.8 Å². The zero-order valence-corrected chi connectivity index (χ0v) is 22.0. The van der Waals surface area contributed by atoms with E-state index < -0.39 is 18.3 Å². The van der Waals surface area contributed by atoms with E-state index in [1.165, 1.54) is 31.2 Å². The number of halogens is 3. The van der Waals surface area contributed by atoms with Gasteiger partial charge in [0.05, 0.1) is 12.3 Å². The highest BCUT2D eigenvalue weighted by Crippen LogP contribution is 2.41. The van der Waals surface area contributed by atoms with Gasteiger partial charge in [-0.05, 0) is 38.5 Å². The zero-order valence-electron chi connectivity index (χ0n) is 22.0. The number of carbonyl (C=O) groups excluding carboxylic acids is 2. The Morgan fingerprint density at radius 3 is 2.34 bits per heavy atom. The maximum atomic E-state index is 14.4. The summed E-state index contributed by atoms with van der Waals surface area (Å²) in [5.74, 6) is 0.720. The van der Waals surface area contributed by atoms with Crippen LogP contribution in [0.4, 0.5) is 24.9 Å². The van der Waals surface area contributed by atoms with Crippen LogP contribution in [0.15, 0.2) is 24.3 Å². The Kier molecular flexibility index (Phi) is 8.10. The molecule has 1 amide bonds. The first-order chi connectivity index (χ1) is 18.0. The molecule has 9 nitrogen and oxygen atoms in total. The molecule has 1 N–H and O–H groups in total.